The maximum absolute atomic E-state index is 12.8. The lowest BCUT2D eigenvalue weighted by Crippen LogP contribution is -2.49. The first-order valence-electron chi connectivity index (χ1n) is 11.6. The van der Waals surface area contributed by atoms with Crippen molar-refractivity contribution >= 4 is 45.4 Å². The molecule has 2 aromatic heterocycles. The number of carboxylic acid groups (broad SMARTS) is 1. The normalized spacial score (nSPS) is 14.1. The van der Waals surface area contributed by atoms with Crippen molar-refractivity contribution in [1.82, 2.24) is 5.32 Å². The smallest absolute Gasteiger partial charge is 0.340 e. The molecule has 4 aromatic rings. The summed E-state index contributed by atoms with van der Waals surface area (Å²) >= 11 is 5.87. The molecular weight excluding hydrogens is 470 g/mol. The van der Waals surface area contributed by atoms with Gasteiger partial charge in [0, 0.05) is 33.8 Å². The number of halogens is 1. The Labute approximate surface area is 205 Å². The van der Waals surface area contributed by atoms with E-state index < -0.39 is 23.5 Å². The average molecular weight is 493 g/mol. The Morgan fingerprint density at radius 2 is 1.77 bits per heavy atom. The van der Waals surface area contributed by atoms with E-state index in [1.807, 2.05) is 6.07 Å². The molecule has 0 fully saturated rings. The van der Waals surface area contributed by atoms with Crippen LogP contribution in [-0.4, -0.2) is 17.9 Å². The van der Waals surface area contributed by atoms with E-state index in [9.17, 15) is 19.5 Å². The quantitative estimate of drug-likeness (QED) is 0.413. The van der Waals surface area contributed by atoms with Crippen LogP contribution in [0.3, 0.4) is 0 Å². The summed E-state index contributed by atoms with van der Waals surface area (Å²) in [5.74, 6) is -1.04. The number of hydrogen-bond acceptors (Lipinski definition) is 6. The number of aliphatic carboxylic acids is 1. The minimum Gasteiger partial charge on any atom is -0.548 e. The van der Waals surface area contributed by atoms with Crippen molar-refractivity contribution in [2.45, 2.75) is 51.5 Å². The van der Waals surface area contributed by atoms with Gasteiger partial charge in [0.1, 0.15) is 16.9 Å². The maximum Gasteiger partial charge on any atom is 0.340 e. The van der Waals surface area contributed by atoms with Crippen LogP contribution >= 0.6 is 11.6 Å². The largest absolute Gasteiger partial charge is 0.548 e. The summed E-state index contributed by atoms with van der Waals surface area (Å²) in [7, 11) is 0. The van der Waals surface area contributed by atoms with E-state index in [2.05, 4.69) is 5.32 Å². The van der Waals surface area contributed by atoms with Crippen LogP contribution in [0.1, 0.15) is 40.9 Å². The van der Waals surface area contributed by atoms with E-state index in [0.717, 1.165) is 42.2 Å². The second-order valence-corrected chi connectivity index (χ2v) is 9.43. The molecule has 35 heavy (non-hydrogen) atoms. The lowest BCUT2D eigenvalue weighted by molar-refractivity contribution is -0.308. The molecule has 0 radical (unpaired) electrons. The van der Waals surface area contributed by atoms with Crippen molar-refractivity contribution in [2.75, 3.05) is 0 Å². The van der Waals surface area contributed by atoms with Gasteiger partial charge in [0.2, 0.25) is 5.91 Å². The van der Waals surface area contributed by atoms with Crippen molar-refractivity contribution in [1.29, 1.82) is 0 Å². The summed E-state index contributed by atoms with van der Waals surface area (Å²) in [6.07, 6.45) is 3.74. The minimum atomic E-state index is -1.41. The topological polar surface area (TPSA) is 113 Å². The SMILES string of the molecule is Cc1c(CC(=O)N[C@@H](Cc2ccc(Cl)cc2)C(=O)[O-])c(=O)oc2cc3oc4c(c3cc12)CCCC4. The fourth-order valence-corrected chi connectivity index (χ4v) is 4.93. The van der Waals surface area contributed by atoms with Crippen LogP contribution in [0.2, 0.25) is 5.02 Å². The Morgan fingerprint density at radius 3 is 2.51 bits per heavy atom. The molecule has 1 aliphatic rings. The second-order valence-electron chi connectivity index (χ2n) is 9.00. The molecule has 0 unspecified atom stereocenters. The number of rotatable bonds is 6. The van der Waals surface area contributed by atoms with Crippen molar-refractivity contribution in [3.8, 4) is 0 Å². The highest BCUT2D eigenvalue weighted by Crippen LogP contribution is 2.35. The molecule has 2 heterocycles. The van der Waals surface area contributed by atoms with E-state index in [1.165, 1.54) is 5.56 Å². The van der Waals surface area contributed by atoms with Crippen LogP contribution in [0.15, 0.2) is 50.0 Å². The molecule has 8 heteroatoms. The van der Waals surface area contributed by atoms with Crippen LogP contribution in [0.5, 0.6) is 0 Å². The third-order valence-corrected chi connectivity index (χ3v) is 6.93. The van der Waals surface area contributed by atoms with Gasteiger partial charge in [-0.2, -0.15) is 0 Å². The summed E-state index contributed by atoms with van der Waals surface area (Å²) in [6, 6.07) is 9.09. The summed E-state index contributed by atoms with van der Waals surface area (Å²) in [6.45, 7) is 1.77. The number of furan rings is 1. The zero-order valence-corrected chi connectivity index (χ0v) is 19.9. The molecule has 7 nitrogen and oxygen atoms in total. The number of carbonyl (C=O) groups excluding carboxylic acids is 2. The molecular formula is C27H23ClNO6-. The summed E-state index contributed by atoms with van der Waals surface area (Å²) in [4.78, 5) is 37.1. The van der Waals surface area contributed by atoms with Gasteiger partial charge in [-0.05, 0) is 61.9 Å². The lowest BCUT2D eigenvalue weighted by Gasteiger charge is -2.20. The van der Waals surface area contributed by atoms with Gasteiger partial charge < -0.3 is 24.1 Å². The Morgan fingerprint density at radius 1 is 1.06 bits per heavy atom. The van der Waals surface area contributed by atoms with Crippen LogP contribution in [0.4, 0.5) is 0 Å². The molecule has 2 aromatic carbocycles. The highest BCUT2D eigenvalue weighted by atomic mass is 35.5. The molecule has 1 aliphatic carbocycles. The number of benzene rings is 2. The number of fused-ring (bicyclic) bond motifs is 4. The van der Waals surface area contributed by atoms with Crippen molar-refractivity contribution in [3.63, 3.8) is 0 Å². The first kappa shape index (κ1) is 23.2. The fourth-order valence-electron chi connectivity index (χ4n) is 4.80. The van der Waals surface area contributed by atoms with Crippen molar-refractivity contribution < 1.29 is 23.5 Å². The van der Waals surface area contributed by atoms with Gasteiger partial charge in [-0.25, -0.2) is 4.79 Å². The monoisotopic (exact) mass is 492 g/mol. The number of hydrogen-bond donors (Lipinski definition) is 1. The Kier molecular flexibility index (Phi) is 6.11. The molecule has 1 amide bonds. The minimum absolute atomic E-state index is 0.0279. The molecule has 0 bridgehead atoms. The molecule has 180 valence electrons. The molecule has 0 aliphatic heterocycles. The lowest BCUT2D eigenvalue weighted by atomic mass is 9.94. The average Bonchev–Trinajstić information content (AvgIpc) is 3.19. The van der Waals surface area contributed by atoms with Crippen molar-refractivity contribution in [3.05, 3.63) is 79.9 Å². The molecule has 1 atom stereocenters. The standard InChI is InChI=1S/C27H24ClNO6/c1-14-18-11-20-17-4-2-3-5-22(17)34-24(20)13-23(18)35-27(33)19(14)12-25(30)29-21(26(31)32)10-15-6-8-16(28)9-7-15/h6-9,11,13,21H,2-5,10,12H2,1H3,(H,29,30)(H,31,32)/p-1/t21-/m0/s1. The number of carboxylic acids is 1. The first-order chi connectivity index (χ1) is 16.8. The van der Waals surface area contributed by atoms with Gasteiger partial charge in [-0.1, -0.05) is 23.7 Å². The van der Waals surface area contributed by atoms with Crippen LogP contribution < -0.4 is 16.0 Å². The molecule has 0 saturated carbocycles. The van der Waals surface area contributed by atoms with Gasteiger partial charge in [-0.3, -0.25) is 4.79 Å². The highest BCUT2D eigenvalue weighted by molar-refractivity contribution is 6.30. The number of carbonyl (C=O) groups is 2. The summed E-state index contributed by atoms with van der Waals surface area (Å²) < 4.78 is 11.5. The summed E-state index contributed by atoms with van der Waals surface area (Å²) in [5, 5.41) is 16.4. The summed E-state index contributed by atoms with van der Waals surface area (Å²) in [5.41, 5.74) is 3.14. The van der Waals surface area contributed by atoms with Gasteiger partial charge in [0.15, 0.2) is 0 Å². The Hall–Kier alpha value is -3.58. The Balaban J connectivity index is 1.42. The van der Waals surface area contributed by atoms with Crippen LogP contribution in [0, 0.1) is 6.92 Å². The van der Waals surface area contributed by atoms with Gasteiger partial charge in [-0.15, -0.1) is 0 Å². The third kappa shape index (κ3) is 4.56. The maximum atomic E-state index is 12.8. The molecule has 0 saturated heterocycles. The first-order valence-corrected chi connectivity index (χ1v) is 11.9. The fraction of sp³-hybridized carbons (Fsp3) is 0.296. The van der Waals surface area contributed by atoms with Crippen LogP contribution in [-0.2, 0) is 35.3 Å². The third-order valence-electron chi connectivity index (χ3n) is 6.67. The van der Waals surface area contributed by atoms with E-state index in [-0.39, 0.29) is 18.4 Å². The van der Waals surface area contributed by atoms with E-state index in [1.54, 1.807) is 37.3 Å². The van der Waals surface area contributed by atoms with E-state index in [4.69, 9.17) is 20.4 Å². The van der Waals surface area contributed by atoms with E-state index >= 15 is 0 Å². The molecule has 1 N–H and O–H groups in total. The highest BCUT2D eigenvalue weighted by Gasteiger charge is 2.22. The zero-order valence-electron chi connectivity index (χ0n) is 19.1. The number of aryl methyl sites for hydroxylation is 3. The van der Waals surface area contributed by atoms with Gasteiger partial charge >= 0.3 is 5.63 Å². The molecule has 0 spiro atoms. The predicted molar refractivity (Wildman–Crippen MR) is 129 cm³/mol. The number of nitrogens with one attached hydrogen (secondary N) is 1. The van der Waals surface area contributed by atoms with Gasteiger partial charge in [0.25, 0.3) is 0 Å². The van der Waals surface area contributed by atoms with Crippen molar-refractivity contribution in [2.24, 2.45) is 0 Å². The zero-order chi connectivity index (χ0) is 24.7. The number of amides is 1. The predicted octanol–water partition coefficient (Wildman–Crippen LogP) is 3.40. The molecule has 5 rings (SSSR count). The second kappa shape index (κ2) is 9.23. The van der Waals surface area contributed by atoms with Crippen LogP contribution in [0.25, 0.3) is 21.9 Å². The van der Waals surface area contributed by atoms with Gasteiger partial charge in [0.05, 0.1) is 24.0 Å². The van der Waals surface area contributed by atoms with E-state index in [0.29, 0.717) is 27.3 Å². The Bertz CT molecular complexity index is 1520.